The van der Waals surface area contributed by atoms with Gasteiger partial charge in [0.2, 0.25) is 5.95 Å². The highest BCUT2D eigenvalue weighted by Crippen LogP contribution is 2.49. The van der Waals surface area contributed by atoms with E-state index in [1.165, 1.54) is 17.8 Å². The number of nitrogens with one attached hydrogen (secondary N) is 2. The van der Waals surface area contributed by atoms with Crippen molar-refractivity contribution in [1.82, 2.24) is 24.6 Å². The van der Waals surface area contributed by atoms with Gasteiger partial charge in [-0.25, -0.2) is 14.5 Å². The van der Waals surface area contributed by atoms with E-state index in [0.29, 0.717) is 17.1 Å². The zero-order valence-corrected chi connectivity index (χ0v) is 28.1. The van der Waals surface area contributed by atoms with Crippen LogP contribution in [0.25, 0.3) is 21.9 Å². The summed E-state index contributed by atoms with van der Waals surface area (Å²) < 4.78 is 41.6. The van der Waals surface area contributed by atoms with Crippen molar-refractivity contribution in [3.63, 3.8) is 0 Å². The quantitative estimate of drug-likeness (QED) is 0.130. The Labute approximate surface area is 271 Å². The lowest BCUT2D eigenvalue weighted by atomic mass is 9.98. The fourth-order valence-electron chi connectivity index (χ4n) is 5.00. The van der Waals surface area contributed by atoms with Crippen molar-refractivity contribution in [2.75, 3.05) is 31.3 Å². The van der Waals surface area contributed by atoms with Crippen LogP contribution in [0.1, 0.15) is 40.8 Å². The van der Waals surface area contributed by atoms with E-state index in [0.717, 1.165) is 10.8 Å². The average Bonchev–Trinajstić information content (AvgIpc) is 3.51. The Morgan fingerprint density at radius 3 is 2.70 bits per heavy atom. The number of rotatable bonds is 11. The van der Waals surface area contributed by atoms with Crippen LogP contribution >= 0.6 is 6.64 Å². The zero-order chi connectivity index (χ0) is 33.4. The predicted octanol–water partition coefficient (Wildman–Crippen LogP) is 4.48. The number of aromatic nitrogens is 4. The molecule has 0 amide bonds. The summed E-state index contributed by atoms with van der Waals surface area (Å²) in [6, 6.07) is 12.1. The van der Waals surface area contributed by atoms with Crippen LogP contribution in [0.4, 0.5) is 16.2 Å². The van der Waals surface area contributed by atoms with Crippen LogP contribution in [-0.4, -0.2) is 74.8 Å². The van der Waals surface area contributed by atoms with Gasteiger partial charge in [0, 0.05) is 12.4 Å². The van der Waals surface area contributed by atoms with Gasteiger partial charge in [0.1, 0.15) is 24.0 Å². The first-order valence-corrected chi connectivity index (χ1v) is 17.3. The second-order valence-electron chi connectivity index (χ2n) is 12.5. The summed E-state index contributed by atoms with van der Waals surface area (Å²) in [4.78, 5) is 25.5. The highest BCUT2D eigenvalue weighted by atomic mass is 32.5. The first-order valence-electron chi connectivity index (χ1n) is 14.7. The van der Waals surface area contributed by atoms with Gasteiger partial charge in [-0.1, -0.05) is 57.2 Å². The number of aliphatic hydroxyl groups is 1. The Morgan fingerprint density at radius 2 is 1.98 bits per heavy atom. The van der Waals surface area contributed by atoms with Crippen LogP contribution in [0.3, 0.4) is 0 Å². The molecule has 1 aliphatic rings. The van der Waals surface area contributed by atoms with Gasteiger partial charge in [0.05, 0.1) is 19.5 Å². The maximum atomic E-state index is 16.2. The molecule has 5 rings (SSSR count). The topological polar surface area (TPSA) is 168 Å². The lowest BCUT2D eigenvalue weighted by molar-refractivity contribution is -0.148. The van der Waals surface area contributed by atoms with Gasteiger partial charge >= 0.3 is 12.6 Å². The third-order valence-electron chi connectivity index (χ3n) is 7.37. The van der Waals surface area contributed by atoms with Crippen LogP contribution in [0, 0.1) is 5.41 Å². The molecule has 2 aromatic carbocycles. The number of anilines is 2. The molecule has 0 bridgehead atoms. The molecular weight excluding hydrogens is 636 g/mol. The highest BCUT2D eigenvalue weighted by Gasteiger charge is 2.56. The number of hydrogen-bond donors (Lipinski definition) is 4. The standard InChI is InChI=1S/C30H39FN7O6PS/c1-17(26(40)41-15-29(2,3)4)37-45(46,44-20-13-9-11-18-10-7-8-12-19(18)20)42-14-21-23(39)30(5,31)27(43-21)38-16-34-22-24(33-6)35-28(32)36-25(22)38/h7-13,16-17,21,23,27,39H,14-15H2,1-6H3,(H,37,46)(H3,32,33,35,36)/t17-,21?,23+,27?,30+,45?/m0/s1. The van der Waals surface area contributed by atoms with Crippen molar-refractivity contribution in [2.24, 2.45) is 5.41 Å². The second kappa shape index (κ2) is 13.0. The molecule has 5 N–H and O–H groups in total. The van der Waals surface area contributed by atoms with E-state index < -0.39 is 42.8 Å². The van der Waals surface area contributed by atoms with Crippen LogP contribution in [0.2, 0.25) is 0 Å². The van der Waals surface area contributed by atoms with Crippen LogP contribution in [0.5, 0.6) is 5.75 Å². The van der Waals surface area contributed by atoms with Crippen molar-refractivity contribution < 1.29 is 32.8 Å². The largest absolute Gasteiger partial charge is 0.464 e. The number of esters is 1. The molecule has 0 aliphatic carbocycles. The molecule has 248 valence electrons. The van der Waals surface area contributed by atoms with Crippen molar-refractivity contribution in [1.29, 1.82) is 0 Å². The Balaban J connectivity index is 1.40. The summed E-state index contributed by atoms with van der Waals surface area (Å²) in [5.41, 5.74) is 3.88. The minimum Gasteiger partial charge on any atom is -0.464 e. The second-order valence-corrected chi connectivity index (χ2v) is 15.6. The van der Waals surface area contributed by atoms with Gasteiger partial charge in [-0.15, -0.1) is 0 Å². The number of nitrogens with two attached hydrogens (primary N) is 1. The number of alkyl halides is 1. The summed E-state index contributed by atoms with van der Waals surface area (Å²) in [6.45, 7) is 4.89. The molecule has 3 unspecified atom stereocenters. The monoisotopic (exact) mass is 675 g/mol. The lowest BCUT2D eigenvalue weighted by Crippen LogP contribution is -2.41. The molecule has 13 nitrogen and oxygen atoms in total. The maximum absolute atomic E-state index is 16.2. The third kappa shape index (κ3) is 7.09. The average molecular weight is 676 g/mol. The molecule has 0 saturated carbocycles. The number of halogens is 1. The van der Waals surface area contributed by atoms with E-state index in [4.69, 9.17) is 36.1 Å². The fraction of sp³-hybridized carbons (Fsp3) is 0.467. The molecule has 46 heavy (non-hydrogen) atoms. The molecular formula is C30H39FN7O6PS. The number of nitrogens with zero attached hydrogens (tertiary/aromatic N) is 4. The minimum absolute atomic E-state index is 0.0508. The molecule has 6 atom stereocenters. The van der Waals surface area contributed by atoms with Crippen molar-refractivity contribution >= 4 is 58.1 Å². The smallest absolute Gasteiger partial charge is 0.323 e. The molecule has 2 aromatic heterocycles. The van der Waals surface area contributed by atoms with Crippen LogP contribution in [-0.2, 0) is 30.6 Å². The lowest BCUT2D eigenvalue weighted by Gasteiger charge is -2.29. The number of imidazole rings is 1. The molecule has 0 spiro atoms. The number of aliphatic hydroxyl groups excluding tert-OH is 1. The van der Waals surface area contributed by atoms with Crippen molar-refractivity contribution in [3.05, 3.63) is 48.8 Å². The van der Waals surface area contributed by atoms with E-state index in [-0.39, 0.29) is 30.2 Å². The Morgan fingerprint density at radius 1 is 1.26 bits per heavy atom. The summed E-state index contributed by atoms with van der Waals surface area (Å²) in [5.74, 6) is 0.183. The number of benzene rings is 2. The number of nitrogen functional groups attached to an aromatic ring is 1. The van der Waals surface area contributed by atoms with Gasteiger partial charge in [0.15, 0.2) is 28.9 Å². The maximum Gasteiger partial charge on any atom is 0.323 e. The summed E-state index contributed by atoms with van der Waals surface area (Å²) in [7, 11) is 1.65. The molecule has 3 heterocycles. The summed E-state index contributed by atoms with van der Waals surface area (Å²) >= 11 is 5.91. The number of ether oxygens (including phenoxy) is 2. The highest BCUT2D eigenvalue weighted by molar-refractivity contribution is 8.09. The normalized spacial score (nSPS) is 23.7. The first kappa shape index (κ1) is 33.9. The molecule has 4 aromatic rings. The Hall–Kier alpha value is -3.46. The number of carbonyl (C=O) groups is 1. The van der Waals surface area contributed by atoms with E-state index >= 15 is 4.39 Å². The molecule has 1 aliphatic heterocycles. The Bertz CT molecular complexity index is 1780. The van der Waals surface area contributed by atoms with Gasteiger partial charge in [-0.2, -0.15) is 9.97 Å². The van der Waals surface area contributed by atoms with Crippen LogP contribution < -0.4 is 20.7 Å². The van der Waals surface area contributed by atoms with Gasteiger partial charge in [-0.05, 0) is 42.5 Å². The van der Waals surface area contributed by atoms with Gasteiger partial charge < -0.3 is 34.7 Å². The SMILES string of the molecule is CNc1nc(N)nc2c1ncn2C1OC(COP(=S)(N[C@@H](C)C(=O)OCC(C)(C)C)Oc2cccc3ccccc23)[C@@H](O)[C@@]1(C)F. The predicted molar refractivity (Wildman–Crippen MR) is 177 cm³/mol. The third-order valence-corrected chi connectivity index (χ3v) is 9.86. The Kier molecular flexibility index (Phi) is 9.56. The van der Waals surface area contributed by atoms with Gasteiger partial charge in [-0.3, -0.25) is 9.36 Å². The fourth-order valence-corrected chi connectivity index (χ4v) is 7.42. The van der Waals surface area contributed by atoms with E-state index in [1.807, 2.05) is 57.2 Å². The number of fused-ring (bicyclic) bond motifs is 2. The van der Waals surface area contributed by atoms with Crippen molar-refractivity contribution in [3.8, 4) is 5.75 Å². The number of carbonyl (C=O) groups excluding carboxylic acids is 1. The molecule has 16 heteroatoms. The molecule has 1 fully saturated rings. The minimum atomic E-state index is -3.57. The first-order chi connectivity index (χ1) is 21.6. The zero-order valence-electron chi connectivity index (χ0n) is 26.4. The van der Waals surface area contributed by atoms with E-state index in [9.17, 15) is 9.90 Å². The van der Waals surface area contributed by atoms with Crippen LogP contribution in [0.15, 0.2) is 48.8 Å². The van der Waals surface area contributed by atoms with E-state index in [2.05, 4.69) is 25.4 Å². The molecule has 1 saturated heterocycles. The number of hydrogen-bond acceptors (Lipinski definition) is 12. The van der Waals surface area contributed by atoms with Crippen molar-refractivity contribution in [2.45, 2.75) is 64.8 Å². The molecule has 0 radical (unpaired) electrons. The van der Waals surface area contributed by atoms with E-state index in [1.54, 1.807) is 20.0 Å². The summed E-state index contributed by atoms with van der Waals surface area (Å²) in [6.07, 6.45) is -2.84. The summed E-state index contributed by atoms with van der Waals surface area (Å²) in [5, 5.41) is 18.7. The van der Waals surface area contributed by atoms with Gasteiger partial charge in [0.25, 0.3) is 0 Å².